The zero-order valence-corrected chi connectivity index (χ0v) is 16.8. The molecule has 9 nitrogen and oxygen atoms in total. The summed E-state index contributed by atoms with van der Waals surface area (Å²) in [7, 11) is 0. The van der Waals surface area contributed by atoms with Crippen LogP contribution in [0.15, 0.2) is 48.5 Å². The molecule has 1 heterocycles. The molecular formula is C21H22N4O5. The van der Waals surface area contributed by atoms with Crippen LogP contribution in [0.25, 0.3) is 0 Å². The highest BCUT2D eigenvalue weighted by atomic mass is 16.6. The molecule has 2 N–H and O–H groups in total. The molecule has 2 aromatic carbocycles. The predicted octanol–water partition coefficient (Wildman–Crippen LogP) is 3.12. The fourth-order valence-electron chi connectivity index (χ4n) is 3.25. The maximum atomic E-state index is 13.0. The van der Waals surface area contributed by atoms with E-state index in [1.165, 1.54) is 24.3 Å². The first-order valence-corrected chi connectivity index (χ1v) is 9.40. The van der Waals surface area contributed by atoms with E-state index in [9.17, 15) is 24.5 Å². The molecule has 4 amide bonds. The number of nitrogens with zero attached hydrogens (tertiary/aromatic N) is 2. The average molecular weight is 410 g/mol. The Bertz CT molecular complexity index is 1000. The molecule has 1 saturated heterocycles. The number of hydrogen-bond donors (Lipinski definition) is 2. The van der Waals surface area contributed by atoms with Gasteiger partial charge in [-0.1, -0.05) is 38.1 Å². The lowest BCUT2D eigenvalue weighted by atomic mass is 9.90. The number of anilines is 1. The average Bonchev–Trinajstić information content (AvgIpc) is 2.92. The van der Waals surface area contributed by atoms with Gasteiger partial charge in [0.25, 0.3) is 11.6 Å². The Morgan fingerprint density at radius 1 is 1.13 bits per heavy atom. The monoisotopic (exact) mass is 410 g/mol. The molecule has 0 aliphatic carbocycles. The molecule has 156 valence electrons. The number of nitro groups is 1. The Morgan fingerprint density at radius 3 is 2.27 bits per heavy atom. The van der Waals surface area contributed by atoms with E-state index >= 15 is 0 Å². The summed E-state index contributed by atoms with van der Waals surface area (Å²) in [5.74, 6) is -0.782. The molecule has 0 saturated carbocycles. The number of benzene rings is 2. The van der Waals surface area contributed by atoms with Crippen molar-refractivity contribution in [3.63, 3.8) is 0 Å². The summed E-state index contributed by atoms with van der Waals surface area (Å²) in [5.41, 5.74) is 0.688. The number of carbonyl (C=O) groups is 3. The summed E-state index contributed by atoms with van der Waals surface area (Å²) in [6.45, 7) is 5.25. The highest BCUT2D eigenvalue weighted by Crippen LogP contribution is 2.30. The Labute approximate surface area is 173 Å². The van der Waals surface area contributed by atoms with Gasteiger partial charge >= 0.3 is 6.03 Å². The Kier molecular flexibility index (Phi) is 5.55. The lowest BCUT2D eigenvalue weighted by Gasteiger charge is -2.22. The highest BCUT2D eigenvalue weighted by molar-refractivity contribution is 6.10. The van der Waals surface area contributed by atoms with Crippen LogP contribution in [-0.2, 0) is 15.1 Å². The van der Waals surface area contributed by atoms with Gasteiger partial charge < -0.3 is 10.6 Å². The number of nitrogens with one attached hydrogen (secondary N) is 2. The normalized spacial score (nSPS) is 18.5. The van der Waals surface area contributed by atoms with Gasteiger partial charge in [0.05, 0.1) is 4.92 Å². The van der Waals surface area contributed by atoms with Gasteiger partial charge in [0.15, 0.2) is 0 Å². The number of urea groups is 1. The summed E-state index contributed by atoms with van der Waals surface area (Å²) >= 11 is 0. The van der Waals surface area contributed by atoms with Crippen LogP contribution in [-0.4, -0.2) is 34.2 Å². The number of non-ortho nitro benzene ring substituents is 1. The summed E-state index contributed by atoms with van der Waals surface area (Å²) in [4.78, 5) is 48.7. The molecule has 1 aliphatic heterocycles. The Morgan fingerprint density at radius 2 is 1.73 bits per heavy atom. The van der Waals surface area contributed by atoms with Crippen LogP contribution in [0.4, 0.5) is 16.2 Å². The molecule has 2 aromatic rings. The number of amides is 4. The molecular weight excluding hydrogens is 388 g/mol. The minimum atomic E-state index is -1.26. The molecule has 1 fully saturated rings. The number of carbonyl (C=O) groups excluding carboxylic acids is 3. The zero-order chi connectivity index (χ0) is 22.1. The molecule has 3 rings (SSSR count). The number of hydrogen-bond acceptors (Lipinski definition) is 5. The van der Waals surface area contributed by atoms with E-state index in [2.05, 4.69) is 24.5 Å². The summed E-state index contributed by atoms with van der Waals surface area (Å²) < 4.78 is 0. The van der Waals surface area contributed by atoms with Gasteiger partial charge in [-0.3, -0.25) is 24.6 Å². The van der Waals surface area contributed by atoms with E-state index in [0.29, 0.717) is 17.2 Å². The van der Waals surface area contributed by atoms with Crippen molar-refractivity contribution in [2.45, 2.75) is 32.2 Å². The topological polar surface area (TPSA) is 122 Å². The van der Waals surface area contributed by atoms with E-state index in [0.717, 1.165) is 10.5 Å². The lowest BCUT2D eigenvalue weighted by Crippen LogP contribution is -2.42. The second-order valence-corrected chi connectivity index (χ2v) is 7.58. The van der Waals surface area contributed by atoms with Crippen molar-refractivity contribution in [1.82, 2.24) is 10.2 Å². The molecule has 0 spiro atoms. The third-order valence-corrected chi connectivity index (χ3v) is 5.09. The largest absolute Gasteiger partial charge is 0.325 e. The van der Waals surface area contributed by atoms with Crippen LogP contribution in [0, 0.1) is 10.1 Å². The number of rotatable bonds is 6. The summed E-state index contributed by atoms with van der Waals surface area (Å²) in [5, 5.41) is 15.9. The van der Waals surface area contributed by atoms with Crippen molar-refractivity contribution in [2.24, 2.45) is 0 Å². The van der Waals surface area contributed by atoms with E-state index in [1.54, 1.807) is 19.1 Å². The Balaban J connectivity index is 1.71. The minimum Gasteiger partial charge on any atom is -0.325 e. The SMILES string of the molecule is CC(C)c1ccc(C2(C)NC(=O)N(CC(=O)Nc3ccc([N+](=O)[O-])cc3)C2=O)cc1. The van der Waals surface area contributed by atoms with Gasteiger partial charge in [0, 0.05) is 17.8 Å². The van der Waals surface area contributed by atoms with Crippen LogP contribution in [0.1, 0.15) is 37.8 Å². The summed E-state index contributed by atoms with van der Waals surface area (Å²) in [6, 6.07) is 12.0. The maximum Gasteiger partial charge on any atom is 0.325 e. The van der Waals surface area contributed by atoms with Crippen LogP contribution in [0.2, 0.25) is 0 Å². The quantitative estimate of drug-likeness (QED) is 0.430. The van der Waals surface area contributed by atoms with Crippen molar-refractivity contribution >= 4 is 29.2 Å². The second kappa shape index (κ2) is 7.94. The van der Waals surface area contributed by atoms with Crippen LogP contribution in [0.3, 0.4) is 0 Å². The fourth-order valence-corrected chi connectivity index (χ4v) is 3.25. The standard InChI is InChI=1S/C21H22N4O5/c1-13(2)14-4-6-15(7-5-14)21(3)19(27)24(20(28)23-21)12-18(26)22-16-8-10-17(11-9-16)25(29)30/h4-11,13H,12H2,1-3H3,(H,22,26)(H,23,28). The molecule has 9 heteroatoms. The zero-order valence-electron chi connectivity index (χ0n) is 16.8. The highest BCUT2D eigenvalue weighted by Gasteiger charge is 2.49. The van der Waals surface area contributed by atoms with Gasteiger partial charge in [0.2, 0.25) is 5.91 Å². The fraction of sp³-hybridized carbons (Fsp3) is 0.286. The number of imide groups is 1. The smallest absolute Gasteiger partial charge is 0.325 e. The first-order chi connectivity index (χ1) is 14.1. The predicted molar refractivity (Wildman–Crippen MR) is 110 cm³/mol. The van der Waals surface area contributed by atoms with E-state index in [1.807, 2.05) is 12.1 Å². The van der Waals surface area contributed by atoms with Crippen molar-refractivity contribution in [2.75, 3.05) is 11.9 Å². The van der Waals surface area contributed by atoms with Gasteiger partial charge in [-0.05, 0) is 36.1 Å². The van der Waals surface area contributed by atoms with E-state index in [4.69, 9.17) is 0 Å². The molecule has 0 bridgehead atoms. The second-order valence-electron chi connectivity index (χ2n) is 7.58. The first kappa shape index (κ1) is 21.0. The van der Waals surface area contributed by atoms with E-state index < -0.39 is 34.9 Å². The minimum absolute atomic E-state index is 0.110. The maximum absolute atomic E-state index is 13.0. The third-order valence-electron chi connectivity index (χ3n) is 5.09. The van der Waals surface area contributed by atoms with Gasteiger partial charge in [0.1, 0.15) is 12.1 Å². The number of nitro benzene ring substituents is 1. The molecule has 1 unspecified atom stereocenters. The van der Waals surface area contributed by atoms with Crippen molar-refractivity contribution in [3.8, 4) is 0 Å². The van der Waals surface area contributed by atoms with Gasteiger partial charge in [-0.15, -0.1) is 0 Å². The molecule has 1 aliphatic rings. The van der Waals surface area contributed by atoms with Gasteiger partial charge in [-0.25, -0.2) is 4.79 Å². The summed E-state index contributed by atoms with van der Waals surface area (Å²) in [6.07, 6.45) is 0. The lowest BCUT2D eigenvalue weighted by molar-refractivity contribution is -0.384. The van der Waals surface area contributed by atoms with Crippen LogP contribution >= 0.6 is 0 Å². The van der Waals surface area contributed by atoms with Crippen LogP contribution in [0.5, 0.6) is 0 Å². The van der Waals surface area contributed by atoms with Crippen LogP contribution < -0.4 is 10.6 Å². The molecule has 0 aromatic heterocycles. The Hall–Kier alpha value is -3.75. The van der Waals surface area contributed by atoms with Gasteiger partial charge in [-0.2, -0.15) is 0 Å². The molecule has 30 heavy (non-hydrogen) atoms. The molecule has 0 radical (unpaired) electrons. The van der Waals surface area contributed by atoms with Crippen molar-refractivity contribution in [3.05, 3.63) is 69.8 Å². The van der Waals surface area contributed by atoms with Crippen molar-refractivity contribution < 1.29 is 19.3 Å². The van der Waals surface area contributed by atoms with Crippen molar-refractivity contribution in [1.29, 1.82) is 0 Å². The molecule has 1 atom stereocenters. The first-order valence-electron chi connectivity index (χ1n) is 9.40. The van der Waals surface area contributed by atoms with E-state index in [-0.39, 0.29) is 5.69 Å². The third kappa shape index (κ3) is 4.00.